The number of nitrogens with one attached hydrogen (secondary N) is 2. The van der Waals surface area contributed by atoms with E-state index in [1.165, 1.54) is 19.1 Å². The molecule has 0 bridgehead atoms. The number of anilines is 1. The molecule has 0 radical (unpaired) electrons. The van der Waals surface area contributed by atoms with Gasteiger partial charge < -0.3 is 5.32 Å². The number of benzene rings is 2. The van der Waals surface area contributed by atoms with Crippen LogP contribution in [0.4, 0.5) is 5.69 Å². The van der Waals surface area contributed by atoms with Gasteiger partial charge in [0.1, 0.15) is 0 Å². The molecule has 0 unspecified atom stereocenters. The van der Waals surface area contributed by atoms with E-state index in [0.717, 1.165) is 22.4 Å². The monoisotopic (exact) mass is 395 g/mol. The molecular formula is C21H21N3O3S. The topological polar surface area (TPSA) is 88.2 Å². The standard InChI is InChI=1S/C21H21N3O3S/c1-15-5-3-6-17(13-15)21-18(7-4-12-22-21)14-23-28(26,27)20-10-8-19(9-11-20)24-16(2)25/h3-13,23H,14H2,1-2H3,(H,24,25). The quantitative estimate of drug-likeness (QED) is 0.669. The number of nitrogens with zero attached hydrogens (tertiary/aromatic N) is 1. The molecule has 0 saturated carbocycles. The van der Waals surface area contributed by atoms with E-state index in [2.05, 4.69) is 15.0 Å². The summed E-state index contributed by atoms with van der Waals surface area (Å²) in [6.45, 7) is 3.51. The summed E-state index contributed by atoms with van der Waals surface area (Å²) in [6.07, 6.45) is 1.69. The van der Waals surface area contributed by atoms with Gasteiger partial charge in [-0.15, -0.1) is 0 Å². The third kappa shape index (κ3) is 4.82. The molecule has 0 spiro atoms. The predicted octanol–water partition coefficient (Wildman–Crippen LogP) is 3.49. The second-order valence-corrected chi connectivity index (χ2v) is 8.18. The summed E-state index contributed by atoms with van der Waals surface area (Å²) in [7, 11) is -3.70. The Labute approximate surface area is 164 Å². The molecular weight excluding hydrogens is 374 g/mol. The van der Waals surface area contributed by atoms with Crippen LogP contribution in [0.2, 0.25) is 0 Å². The highest BCUT2D eigenvalue weighted by molar-refractivity contribution is 7.89. The molecule has 1 amide bonds. The highest BCUT2D eigenvalue weighted by Crippen LogP contribution is 2.22. The molecule has 3 aromatic rings. The van der Waals surface area contributed by atoms with Crippen molar-refractivity contribution in [2.45, 2.75) is 25.3 Å². The van der Waals surface area contributed by atoms with Crippen LogP contribution in [0, 0.1) is 6.92 Å². The van der Waals surface area contributed by atoms with E-state index in [1.807, 2.05) is 37.3 Å². The third-order valence-electron chi connectivity index (χ3n) is 4.12. The van der Waals surface area contributed by atoms with Crippen LogP contribution in [0.3, 0.4) is 0 Å². The number of rotatable bonds is 6. The fourth-order valence-electron chi connectivity index (χ4n) is 2.81. The van der Waals surface area contributed by atoms with Crippen LogP contribution in [0.1, 0.15) is 18.1 Å². The predicted molar refractivity (Wildman–Crippen MR) is 109 cm³/mol. The fraction of sp³-hybridized carbons (Fsp3) is 0.143. The molecule has 0 aliphatic rings. The Balaban J connectivity index is 1.79. The second-order valence-electron chi connectivity index (χ2n) is 6.41. The van der Waals surface area contributed by atoms with Gasteiger partial charge in [0.15, 0.2) is 0 Å². The molecule has 6 nitrogen and oxygen atoms in total. The van der Waals surface area contributed by atoms with E-state index < -0.39 is 10.0 Å². The van der Waals surface area contributed by atoms with E-state index in [4.69, 9.17) is 0 Å². The van der Waals surface area contributed by atoms with Gasteiger partial charge in [-0.1, -0.05) is 29.8 Å². The Morgan fingerprint density at radius 3 is 2.46 bits per heavy atom. The molecule has 2 N–H and O–H groups in total. The Hall–Kier alpha value is -3.03. The number of sulfonamides is 1. The SMILES string of the molecule is CC(=O)Nc1ccc(S(=O)(=O)NCc2cccnc2-c2cccc(C)c2)cc1. The van der Waals surface area contributed by atoms with E-state index >= 15 is 0 Å². The Morgan fingerprint density at radius 2 is 1.79 bits per heavy atom. The summed E-state index contributed by atoms with van der Waals surface area (Å²) in [5.41, 5.74) is 4.12. The zero-order valence-electron chi connectivity index (χ0n) is 15.6. The number of aryl methyl sites for hydroxylation is 1. The molecule has 2 aromatic carbocycles. The summed E-state index contributed by atoms with van der Waals surface area (Å²) in [5.74, 6) is -0.214. The van der Waals surface area contributed by atoms with Gasteiger partial charge in [0.2, 0.25) is 15.9 Å². The molecule has 144 valence electrons. The van der Waals surface area contributed by atoms with Crippen LogP contribution in [0.25, 0.3) is 11.3 Å². The lowest BCUT2D eigenvalue weighted by Crippen LogP contribution is -2.23. The zero-order chi connectivity index (χ0) is 20.1. The highest BCUT2D eigenvalue weighted by atomic mass is 32.2. The lowest BCUT2D eigenvalue weighted by molar-refractivity contribution is -0.114. The summed E-state index contributed by atoms with van der Waals surface area (Å²) >= 11 is 0. The fourth-order valence-corrected chi connectivity index (χ4v) is 3.82. The Bertz CT molecular complexity index is 1090. The smallest absolute Gasteiger partial charge is 0.240 e. The number of hydrogen-bond donors (Lipinski definition) is 2. The van der Waals surface area contributed by atoms with Crippen LogP contribution in [-0.4, -0.2) is 19.3 Å². The van der Waals surface area contributed by atoms with E-state index in [9.17, 15) is 13.2 Å². The summed E-state index contributed by atoms with van der Waals surface area (Å²) in [5, 5.41) is 2.61. The number of hydrogen-bond acceptors (Lipinski definition) is 4. The number of carbonyl (C=O) groups is 1. The van der Waals surface area contributed by atoms with Gasteiger partial charge in [0, 0.05) is 30.9 Å². The first-order valence-corrected chi connectivity index (χ1v) is 10.2. The van der Waals surface area contributed by atoms with Gasteiger partial charge in [-0.05, 0) is 48.9 Å². The van der Waals surface area contributed by atoms with Gasteiger partial charge in [-0.25, -0.2) is 13.1 Å². The number of amides is 1. The molecule has 28 heavy (non-hydrogen) atoms. The molecule has 0 aliphatic carbocycles. The van der Waals surface area contributed by atoms with Crippen LogP contribution in [0.15, 0.2) is 71.8 Å². The highest BCUT2D eigenvalue weighted by Gasteiger charge is 2.15. The maximum atomic E-state index is 12.6. The van der Waals surface area contributed by atoms with Crippen molar-refractivity contribution >= 4 is 21.6 Å². The van der Waals surface area contributed by atoms with Crippen LogP contribution in [0.5, 0.6) is 0 Å². The molecule has 7 heteroatoms. The number of carbonyl (C=O) groups excluding carboxylic acids is 1. The first-order valence-electron chi connectivity index (χ1n) is 8.73. The first-order chi connectivity index (χ1) is 13.3. The van der Waals surface area contributed by atoms with Gasteiger partial charge in [0.05, 0.1) is 10.6 Å². The summed E-state index contributed by atoms with van der Waals surface area (Å²) in [4.78, 5) is 15.6. The van der Waals surface area contributed by atoms with Crippen molar-refractivity contribution < 1.29 is 13.2 Å². The lowest BCUT2D eigenvalue weighted by Gasteiger charge is -2.11. The van der Waals surface area contributed by atoms with E-state index in [0.29, 0.717) is 5.69 Å². The average molecular weight is 395 g/mol. The molecule has 0 fully saturated rings. The summed E-state index contributed by atoms with van der Waals surface area (Å²) in [6, 6.07) is 17.6. The van der Waals surface area contributed by atoms with Crippen molar-refractivity contribution in [2.24, 2.45) is 0 Å². The molecule has 1 heterocycles. The van der Waals surface area contributed by atoms with Crippen molar-refractivity contribution in [3.8, 4) is 11.3 Å². The van der Waals surface area contributed by atoms with Crippen molar-refractivity contribution in [3.05, 3.63) is 78.0 Å². The van der Waals surface area contributed by atoms with Crippen molar-refractivity contribution in [1.29, 1.82) is 0 Å². The molecule has 3 rings (SSSR count). The lowest BCUT2D eigenvalue weighted by atomic mass is 10.0. The van der Waals surface area contributed by atoms with Crippen LogP contribution in [-0.2, 0) is 21.4 Å². The minimum Gasteiger partial charge on any atom is -0.326 e. The van der Waals surface area contributed by atoms with Gasteiger partial charge in [-0.3, -0.25) is 9.78 Å². The maximum absolute atomic E-state index is 12.6. The number of pyridine rings is 1. The van der Waals surface area contributed by atoms with Gasteiger partial charge in [-0.2, -0.15) is 0 Å². The minimum absolute atomic E-state index is 0.118. The van der Waals surface area contributed by atoms with Crippen molar-refractivity contribution in [1.82, 2.24) is 9.71 Å². The minimum atomic E-state index is -3.70. The summed E-state index contributed by atoms with van der Waals surface area (Å²) < 4.78 is 27.9. The Morgan fingerprint density at radius 1 is 1.04 bits per heavy atom. The maximum Gasteiger partial charge on any atom is 0.240 e. The van der Waals surface area contributed by atoms with E-state index in [1.54, 1.807) is 24.4 Å². The van der Waals surface area contributed by atoms with Crippen LogP contribution < -0.4 is 10.0 Å². The van der Waals surface area contributed by atoms with E-state index in [-0.39, 0.29) is 17.3 Å². The normalized spacial score (nSPS) is 11.2. The molecule has 1 aromatic heterocycles. The van der Waals surface area contributed by atoms with Crippen molar-refractivity contribution in [3.63, 3.8) is 0 Å². The van der Waals surface area contributed by atoms with Gasteiger partial charge in [0.25, 0.3) is 0 Å². The molecule has 0 atom stereocenters. The molecule has 0 aliphatic heterocycles. The zero-order valence-corrected chi connectivity index (χ0v) is 16.5. The second kappa shape index (κ2) is 8.33. The average Bonchev–Trinajstić information content (AvgIpc) is 2.67. The van der Waals surface area contributed by atoms with Gasteiger partial charge >= 0.3 is 0 Å². The largest absolute Gasteiger partial charge is 0.326 e. The third-order valence-corrected chi connectivity index (χ3v) is 5.54. The Kier molecular flexibility index (Phi) is 5.87. The van der Waals surface area contributed by atoms with Crippen LogP contribution >= 0.6 is 0 Å². The first kappa shape index (κ1) is 19.7. The van der Waals surface area contributed by atoms with Crippen molar-refractivity contribution in [2.75, 3.05) is 5.32 Å². The number of aromatic nitrogens is 1. The molecule has 0 saturated heterocycles.